The maximum atomic E-state index is 12.6. The second kappa shape index (κ2) is 44.5. The van der Waals surface area contributed by atoms with E-state index in [2.05, 4.69) is 86.8 Å². The lowest BCUT2D eigenvalue weighted by atomic mass is 10.0. The van der Waals surface area contributed by atoms with Crippen LogP contribution in [0.25, 0.3) is 0 Å². The molecule has 0 bridgehead atoms. The number of rotatable bonds is 43. The first-order valence-electron chi connectivity index (χ1n) is 22.9. The van der Waals surface area contributed by atoms with Crippen LogP contribution in [0.1, 0.15) is 181 Å². The third-order valence-electron chi connectivity index (χ3n) is 9.41. The zero-order valence-electron chi connectivity index (χ0n) is 36.7. The predicted molar refractivity (Wildman–Crippen MR) is 242 cm³/mol. The molecule has 0 rings (SSSR count). The van der Waals surface area contributed by atoms with Gasteiger partial charge in [-0.15, -0.1) is 0 Å². The molecule has 0 aromatic carbocycles. The highest BCUT2D eigenvalue weighted by atomic mass is 31.2. The summed E-state index contributed by atoms with van der Waals surface area (Å²) in [4.78, 5) is 22.6. The van der Waals surface area contributed by atoms with Gasteiger partial charge in [0.25, 0.3) is 0 Å². The number of carbonyl (C=O) groups excluding carboxylic acids is 1. The minimum absolute atomic E-state index is 0.0340. The van der Waals surface area contributed by atoms with Crippen LogP contribution in [-0.4, -0.2) is 66.3 Å². The first kappa shape index (κ1) is 55.9. The molecule has 0 aliphatic carbocycles. The van der Waals surface area contributed by atoms with Crippen molar-refractivity contribution in [1.82, 2.24) is 0 Å². The summed E-state index contributed by atoms with van der Waals surface area (Å²) < 4.78 is 33.4. The Labute approximate surface area is 354 Å². The van der Waals surface area contributed by atoms with Gasteiger partial charge in [0.2, 0.25) is 0 Å². The Balaban J connectivity index is 4.17. The highest BCUT2D eigenvalue weighted by Crippen LogP contribution is 2.43. The number of phosphoric acid groups is 1. The maximum absolute atomic E-state index is 12.6. The molecule has 0 aromatic rings. The molecular weight excluding hydrogens is 751 g/mol. The second-order valence-corrected chi connectivity index (χ2v) is 16.5. The van der Waals surface area contributed by atoms with Gasteiger partial charge in [-0.25, -0.2) is 4.57 Å². The summed E-state index contributed by atoms with van der Waals surface area (Å²) in [5, 5.41) is 18.4. The minimum Gasteiger partial charge on any atom is -0.457 e. The number of carbonyl (C=O) groups is 1. The molecule has 0 aromatic heterocycles. The summed E-state index contributed by atoms with van der Waals surface area (Å²) in [6.45, 7) is 3.35. The fraction of sp³-hybridized carbons (Fsp3) is 0.729. The fourth-order valence-corrected chi connectivity index (χ4v) is 6.74. The first-order valence-corrected chi connectivity index (χ1v) is 24.4. The number of aliphatic hydroxyl groups is 2. The molecule has 0 aliphatic rings. The summed E-state index contributed by atoms with van der Waals surface area (Å²) in [5.74, 6) is -0.392. The predicted octanol–water partition coefficient (Wildman–Crippen LogP) is 12.9. The van der Waals surface area contributed by atoms with E-state index in [1.807, 2.05) is 0 Å². The highest BCUT2D eigenvalue weighted by molar-refractivity contribution is 7.47. The SMILES string of the molecule is CC/C=C\C/C=C\C/C=C\C/C=C\C/C=C\C/C=C\CCCCCCCOCC(COP(=O)(O)OCC(O)CO)OC(=O)CCCCCCCCCCCCCCC. The van der Waals surface area contributed by atoms with Gasteiger partial charge < -0.3 is 24.6 Å². The highest BCUT2D eigenvalue weighted by Gasteiger charge is 2.26. The smallest absolute Gasteiger partial charge is 0.457 e. The summed E-state index contributed by atoms with van der Waals surface area (Å²) in [7, 11) is -4.53. The number of phosphoric ester groups is 1. The van der Waals surface area contributed by atoms with Crippen LogP contribution in [0.2, 0.25) is 0 Å². The van der Waals surface area contributed by atoms with Gasteiger partial charge in [-0.2, -0.15) is 0 Å². The number of allylic oxidation sites excluding steroid dienone is 12. The van der Waals surface area contributed by atoms with E-state index < -0.39 is 39.2 Å². The van der Waals surface area contributed by atoms with Crippen LogP contribution in [-0.2, 0) is 27.9 Å². The van der Waals surface area contributed by atoms with Crippen LogP contribution in [0.4, 0.5) is 0 Å². The Morgan fingerprint density at radius 1 is 0.552 bits per heavy atom. The molecule has 58 heavy (non-hydrogen) atoms. The molecule has 336 valence electrons. The third-order valence-corrected chi connectivity index (χ3v) is 10.4. The van der Waals surface area contributed by atoms with Gasteiger partial charge in [0.15, 0.2) is 0 Å². The largest absolute Gasteiger partial charge is 0.472 e. The van der Waals surface area contributed by atoms with Crippen molar-refractivity contribution in [3.8, 4) is 0 Å². The molecule has 0 heterocycles. The molecule has 0 fully saturated rings. The van der Waals surface area contributed by atoms with E-state index in [0.29, 0.717) is 6.61 Å². The molecule has 3 unspecified atom stereocenters. The van der Waals surface area contributed by atoms with E-state index in [1.165, 1.54) is 64.2 Å². The van der Waals surface area contributed by atoms with Gasteiger partial charge in [-0.1, -0.05) is 183 Å². The van der Waals surface area contributed by atoms with Gasteiger partial charge in [-0.05, 0) is 64.2 Å². The molecular formula is C48H85O9P. The lowest BCUT2D eigenvalue weighted by Gasteiger charge is -2.20. The van der Waals surface area contributed by atoms with Crippen LogP contribution < -0.4 is 0 Å². The summed E-state index contributed by atoms with van der Waals surface area (Å²) >= 11 is 0. The Morgan fingerprint density at radius 3 is 1.48 bits per heavy atom. The van der Waals surface area contributed by atoms with Gasteiger partial charge in [0.1, 0.15) is 12.2 Å². The van der Waals surface area contributed by atoms with Crippen LogP contribution in [0, 0.1) is 0 Å². The molecule has 0 aliphatic heterocycles. The number of unbranched alkanes of at least 4 members (excludes halogenated alkanes) is 17. The number of esters is 1. The number of hydrogen-bond acceptors (Lipinski definition) is 8. The second-order valence-electron chi connectivity index (χ2n) is 15.0. The molecule has 10 heteroatoms. The molecule has 3 N–H and O–H groups in total. The van der Waals surface area contributed by atoms with Crippen molar-refractivity contribution in [2.24, 2.45) is 0 Å². The van der Waals surface area contributed by atoms with E-state index in [9.17, 15) is 19.4 Å². The minimum atomic E-state index is -4.53. The van der Waals surface area contributed by atoms with Gasteiger partial charge in [0, 0.05) is 13.0 Å². The lowest BCUT2D eigenvalue weighted by molar-refractivity contribution is -0.154. The van der Waals surface area contributed by atoms with E-state index in [-0.39, 0.29) is 19.6 Å². The van der Waals surface area contributed by atoms with Gasteiger partial charge in [0.05, 0.1) is 26.4 Å². The molecule has 3 atom stereocenters. The maximum Gasteiger partial charge on any atom is 0.472 e. The standard InChI is InChI=1S/C48H85O9P/c1-3-5-7-9-11-13-15-17-18-19-20-21-22-23-24-25-26-27-29-31-33-35-37-39-41-54-44-47(45-56-58(52,53)55-43-46(50)42-49)57-48(51)40-38-36-34-32-30-28-16-14-12-10-8-6-4-2/h5,7,11,13,17-18,20-21,23-24,26-27,46-47,49-50H,3-4,6,8-10,12,14-16,19,22,25,28-45H2,1-2H3,(H,52,53)/b7-5-,13-11-,18-17-,21-20-,24-23-,27-26-. The molecule has 0 saturated carbocycles. The van der Waals surface area contributed by atoms with E-state index in [4.69, 9.17) is 23.6 Å². The van der Waals surface area contributed by atoms with Crippen LogP contribution >= 0.6 is 7.82 Å². The summed E-state index contributed by atoms with van der Waals surface area (Å²) in [5.41, 5.74) is 0. The molecule has 0 radical (unpaired) electrons. The lowest BCUT2D eigenvalue weighted by Crippen LogP contribution is -2.29. The topological polar surface area (TPSA) is 132 Å². The van der Waals surface area contributed by atoms with E-state index in [1.54, 1.807) is 0 Å². The molecule has 0 saturated heterocycles. The van der Waals surface area contributed by atoms with Crippen LogP contribution in [0.15, 0.2) is 72.9 Å². The average molecular weight is 837 g/mol. The molecule has 0 spiro atoms. The van der Waals surface area contributed by atoms with Crippen molar-refractivity contribution in [3.05, 3.63) is 72.9 Å². The van der Waals surface area contributed by atoms with Crippen molar-refractivity contribution >= 4 is 13.8 Å². The average Bonchev–Trinajstić information content (AvgIpc) is 3.21. The van der Waals surface area contributed by atoms with Crippen molar-refractivity contribution in [2.45, 2.75) is 193 Å². The van der Waals surface area contributed by atoms with Crippen molar-refractivity contribution < 1.29 is 43.0 Å². The number of aliphatic hydroxyl groups excluding tert-OH is 2. The summed E-state index contributed by atoms with van der Waals surface area (Å²) in [6.07, 6.45) is 52.9. The zero-order valence-corrected chi connectivity index (χ0v) is 37.6. The zero-order chi connectivity index (χ0) is 42.5. The molecule has 9 nitrogen and oxygen atoms in total. The number of hydrogen-bond donors (Lipinski definition) is 3. The Hall–Kier alpha value is -2.10. The Bertz CT molecular complexity index is 1130. The number of ether oxygens (including phenoxy) is 2. The van der Waals surface area contributed by atoms with E-state index >= 15 is 0 Å². The van der Waals surface area contributed by atoms with Crippen molar-refractivity contribution in [3.63, 3.8) is 0 Å². The first-order chi connectivity index (χ1) is 28.3. The quantitative estimate of drug-likeness (QED) is 0.0238. The Kier molecular flexibility index (Phi) is 42.8. The van der Waals surface area contributed by atoms with Crippen LogP contribution in [0.5, 0.6) is 0 Å². The van der Waals surface area contributed by atoms with Crippen LogP contribution in [0.3, 0.4) is 0 Å². The normalized spacial score (nSPS) is 14.6. The molecule has 0 amide bonds. The van der Waals surface area contributed by atoms with Gasteiger partial charge >= 0.3 is 13.8 Å². The monoisotopic (exact) mass is 837 g/mol. The van der Waals surface area contributed by atoms with Crippen molar-refractivity contribution in [2.75, 3.05) is 33.0 Å². The third kappa shape index (κ3) is 43.5. The van der Waals surface area contributed by atoms with E-state index in [0.717, 1.165) is 96.3 Å². The Morgan fingerprint density at radius 2 is 0.983 bits per heavy atom. The van der Waals surface area contributed by atoms with Crippen molar-refractivity contribution in [1.29, 1.82) is 0 Å². The van der Waals surface area contributed by atoms with Gasteiger partial charge in [-0.3, -0.25) is 13.8 Å². The summed E-state index contributed by atoms with van der Waals surface area (Å²) in [6, 6.07) is 0. The fourth-order valence-electron chi connectivity index (χ4n) is 5.95.